The van der Waals surface area contributed by atoms with E-state index in [0.717, 1.165) is 12.1 Å². The van der Waals surface area contributed by atoms with Crippen molar-refractivity contribution in [3.8, 4) is 11.5 Å². The normalized spacial score (nSPS) is 11.3. The van der Waals surface area contributed by atoms with Crippen LogP contribution in [0.2, 0.25) is 10.0 Å². The Bertz CT molecular complexity index is 1030. The van der Waals surface area contributed by atoms with Gasteiger partial charge in [-0.1, -0.05) is 23.2 Å². The first-order valence-electron chi connectivity index (χ1n) is 10.1. The Hall–Kier alpha value is -3.11. The minimum Gasteiger partial charge on any atom is -0.484 e. The summed E-state index contributed by atoms with van der Waals surface area (Å²) in [4.78, 5) is 35.4. The van der Waals surface area contributed by atoms with Gasteiger partial charge in [0.05, 0.1) is 10.0 Å². The number of amides is 3. The van der Waals surface area contributed by atoms with Gasteiger partial charge < -0.3 is 25.4 Å². The second-order valence-electron chi connectivity index (χ2n) is 7.07. The average molecular weight is 518 g/mol. The van der Waals surface area contributed by atoms with Crippen molar-refractivity contribution in [2.45, 2.75) is 19.4 Å². The van der Waals surface area contributed by atoms with Crippen molar-refractivity contribution < 1.29 is 32.6 Å². The highest BCUT2D eigenvalue weighted by Crippen LogP contribution is 2.21. The summed E-state index contributed by atoms with van der Waals surface area (Å²) in [6.07, 6.45) is 0.310. The minimum atomic E-state index is -0.668. The molecule has 1 unspecified atom stereocenters. The summed E-state index contributed by atoms with van der Waals surface area (Å²) in [6, 6.07) is 7.14. The van der Waals surface area contributed by atoms with Gasteiger partial charge in [-0.25, -0.2) is 8.78 Å². The number of rotatable bonds is 12. The highest BCUT2D eigenvalue weighted by Gasteiger charge is 2.13. The van der Waals surface area contributed by atoms with Gasteiger partial charge in [0.2, 0.25) is 5.91 Å². The Morgan fingerprint density at radius 1 is 0.882 bits per heavy atom. The van der Waals surface area contributed by atoms with Crippen LogP contribution in [0.15, 0.2) is 36.4 Å². The largest absolute Gasteiger partial charge is 0.484 e. The Balaban J connectivity index is 1.71. The van der Waals surface area contributed by atoms with E-state index in [-0.39, 0.29) is 53.8 Å². The molecule has 0 aliphatic heterocycles. The van der Waals surface area contributed by atoms with E-state index in [0.29, 0.717) is 6.42 Å². The summed E-state index contributed by atoms with van der Waals surface area (Å²) in [6.45, 7) is 0.870. The molecule has 8 nitrogen and oxygen atoms in total. The van der Waals surface area contributed by atoms with Crippen molar-refractivity contribution in [2.75, 3.05) is 26.3 Å². The Kier molecular flexibility index (Phi) is 10.8. The van der Waals surface area contributed by atoms with Crippen LogP contribution >= 0.6 is 23.2 Å². The predicted molar refractivity (Wildman–Crippen MR) is 122 cm³/mol. The fourth-order valence-electron chi connectivity index (χ4n) is 2.67. The zero-order valence-corrected chi connectivity index (χ0v) is 19.6. The van der Waals surface area contributed by atoms with E-state index >= 15 is 0 Å². The number of carbonyl (C=O) groups excluding carboxylic acids is 3. The monoisotopic (exact) mass is 517 g/mol. The number of ether oxygens (including phenoxy) is 2. The van der Waals surface area contributed by atoms with E-state index in [4.69, 9.17) is 32.7 Å². The standard InChI is InChI=1S/C22H23Cl2F2N3O5/c1-13(30)29-14(10-28-22(32)12-34-16-3-5-18(24)20(26)9-16)6-7-27-21(31)11-33-15-2-4-17(23)19(25)8-15/h2-5,8-9,14H,6-7,10-12H2,1H3,(H,27,31)(H,28,32)(H,29,30). The zero-order valence-electron chi connectivity index (χ0n) is 18.1. The maximum Gasteiger partial charge on any atom is 0.258 e. The van der Waals surface area contributed by atoms with Crippen LogP contribution in [0.1, 0.15) is 13.3 Å². The first-order chi connectivity index (χ1) is 16.1. The van der Waals surface area contributed by atoms with E-state index in [1.807, 2.05) is 0 Å². The first-order valence-corrected chi connectivity index (χ1v) is 10.9. The fourth-order valence-corrected chi connectivity index (χ4v) is 2.90. The molecule has 0 aromatic heterocycles. The number of hydrogen-bond acceptors (Lipinski definition) is 5. The Morgan fingerprint density at radius 3 is 1.85 bits per heavy atom. The van der Waals surface area contributed by atoms with Crippen LogP contribution in [0.3, 0.4) is 0 Å². The second kappa shape index (κ2) is 13.6. The molecule has 2 aromatic rings. The fraction of sp³-hybridized carbons (Fsp3) is 0.318. The highest BCUT2D eigenvalue weighted by atomic mass is 35.5. The van der Waals surface area contributed by atoms with Crippen LogP contribution in [0.25, 0.3) is 0 Å². The van der Waals surface area contributed by atoms with Gasteiger partial charge in [-0.3, -0.25) is 14.4 Å². The second-order valence-corrected chi connectivity index (χ2v) is 7.88. The molecule has 0 aliphatic carbocycles. The average Bonchev–Trinajstić information content (AvgIpc) is 2.78. The van der Waals surface area contributed by atoms with Crippen molar-refractivity contribution in [3.63, 3.8) is 0 Å². The molecular formula is C22H23Cl2F2N3O5. The molecule has 3 amide bonds. The summed E-state index contributed by atoms with van der Waals surface area (Å²) >= 11 is 11.2. The van der Waals surface area contributed by atoms with Gasteiger partial charge in [0.25, 0.3) is 11.8 Å². The van der Waals surface area contributed by atoms with E-state index in [2.05, 4.69) is 16.0 Å². The molecule has 2 rings (SSSR count). The summed E-state index contributed by atoms with van der Waals surface area (Å²) in [5, 5.41) is 7.76. The third kappa shape index (κ3) is 9.80. The molecule has 0 bridgehead atoms. The smallest absolute Gasteiger partial charge is 0.258 e. The topological polar surface area (TPSA) is 106 Å². The van der Waals surface area contributed by atoms with E-state index in [1.54, 1.807) is 0 Å². The molecule has 0 saturated heterocycles. The molecule has 0 radical (unpaired) electrons. The van der Waals surface area contributed by atoms with Gasteiger partial charge in [-0.05, 0) is 30.7 Å². The minimum absolute atomic E-state index is 0.0571. The van der Waals surface area contributed by atoms with Crippen LogP contribution in [-0.4, -0.2) is 50.1 Å². The zero-order chi connectivity index (χ0) is 25.1. The number of hydrogen-bond donors (Lipinski definition) is 3. The van der Waals surface area contributed by atoms with E-state index in [9.17, 15) is 23.2 Å². The molecule has 3 N–H and O–H groups in total. The van der Waals surface area contributed by atoms with Gasteiger partial charge in [0, 0.05) is 38.2 Å². The lowest BCUT2D eigenvalue weighted by atomic mass is 10.2. The van der Waals surface area contributed by atoms with Gasteiger partial charge in [0.15, 0.2) is 13.2 Å². The Morgan fingerprint density at radius 2 is 1.38 bits per heavy atom. The molecule has 184 valence electrons. The molecule has 34 heavy (non-hydrogen) atoms. The van der Waals surface area contributed by atoms with Crippen molar-refractivity contribution in [1.29, 1.82) is 0 Å². The molecule has 0 aliphatic rings. The van der Waals surface area contributed by atoms with Crippen LogP contribution in [0.5, 0.6) is 11.5 Å². The summed E-state index contributed by atoms with van der Waals surface area (Å²) in [5.74, 6) is -2.29. The SMILES string of the molecule is CC(=O)NC(CCNC(=O)COc1ccc(Cl)c(F)c1)CNC(=O)COc1ccc(Cl)c(F)c1. The van der Waals surface area contributed by atoms with Gasteiger partial charge in [0.1, 0.15) is 23.1 Å². The van der Waals surface area contributed by atoms with Crippen LogP contribution in [0, 0.1) is 11.6 Å². The molecule has 0 saturated carbocycles. The quantitative estimate of drug-likeness (QED) is 0.401. The lowest BCUT2D eigenvalue weighted by Crippen LogP contribution is -2.45. The Labute approximate surface area is 204 Å². The third-order valence-corrected chi connectivity index (χ3v) is 4.90. The van der Waals surface area contributed by atoms with Crippen LogP contribution < -0.4 is 25.4 Å². The van der Waals surface area contributed by atoms with Gasteiger partial charge in [-0.2, -0.15) is 0 Å². The lowest BCUT2D eigenvalue weighted by Gasteiger charge is -2.19. The van der Waals surface area contributed by atoms with Crippen LogP contribution in [0.4, 0.5) is 8.78 Å². The van der Waals surface area contributed by atoms with Crippen LogP contribution in [-0.2, 0) is 14.4 Å². The molecule has 12 heteroatoms. The summed E-state index contributed by atoms with van der Waals surface area (Å²) in [5.41, 5.74) is 0. The number of nitrogens with one attached hydrogen (secondary N) is 3. The summed E-state index contributed by atoms with van der Waals surface area (Å²) < 4.78 is 37.2. The third-order valence-electron chi connectivity index (χ3n) is 4.29. The molecule has 2 aromatic carbocycles. The van der Waals surface area contributed by atoms with Crippen molar-refractivity contribution in [3.05, 3.63) is 58.1 Å². The van der Waals surface area contributed by atoms with Crippen molar-refractivity contribution in [1.82, 2.24) is 16.0 Å². The predicted octanol–water partition coefficient (Wildman–Crippen LogP) is 2.86. The number of halogens is 4. The van der Waals surface area contributed by atoms with Gasteiger partial charge >= 0.3 is 0 Å². The number of carbonyl (C=O) groups is 3. The summed E-state index contributed by atoms with van der Waals surface area (Å²) in [7, 11) is 0. The number of benzene rings is 2. The molecule has 0 fully saturated rings. The van der Waals surface area contributed by atoms with E-state index in [1.165, 1.54) is 31.2 Å². The lowest BCUT2D eigenvalue weighted by molar-refractivity contribution is -0.124. The maximum atomic E-state index is 13.4. The molecule has 1 atom stereocenters. The molecular weight excluding hydrogens is 495 g/mol. The van der Waals surface area contributed by atoms with E-state index < -0.39 is 29.5 Å². The molecule has 0 spiro atoms. The first kappa shape index (κ1) is 27.1. The molecule has 0 heterocycles. The van der Waals surface area contributed by atoms with Gasteiger partial charge in [-0.15, -0.1) is 0 Å². The maximum absolute atomic E-state index is 13.4. The van der Waals surface area contributed by atoms with Crippen molar-refractivity contribution in [2.24, 2.45) is 0 Å². The van der Waals surface area contributed by atoms with Crippen molar-refractivity contribution >= 4 is 40.9 Å². The highest BCUT2D eigenvalue weighted by molar-refractivity contribution is 6.31.